The zero-order valence-corrected chi connectivity index (χ0v) is 8.77. The van der Waals surface area contributed by atoms with Gasteiger partial charge in [0, 0.05) is 13.1 Å². The van der Waals surface area contributed by atoms with Gasteiger partial charge in [0.05, 0.1) is 6.04 Å². The average molecular weight is 249 g/mol. The van der Waals surface area contributed by atoms with Gasteiger partial charge in [0.1, 0.15) is 6.10 Å². The molecule has 0 aliphatic carbocycles. The van der Waals surface area contributed by atoms with Crippen LogP contribution in [0.2, 0.25) is 0 Å². The third kappa shape index (κ3) is 4.23. The van der Waals surface area contributed by atoms with Crippen LogP contribution in [0.15, 0.2) is 0 Å². The first kappa shape index (κ1) is 14.5. The van der Waals surface area contributed by atoms with Crippen molar-refractivity contribution in [3.8, 4) is 0 Å². The van der Waals surface area contributed by atoms with Crippen molar-refractivity contribution in [1.82, 2.24) is 4.90 Å². The molecule has 1 atom stereocenters. The van der Waals surface area contributed by atoms with E-state index in [1.165, 1.54) is 11.8 Å². The quantitative estimate of drug-likeness (QED) is 0.774. The number of hydrogen-bond acceptors (Lipinski definition) is 3. The number of carbonyl (C=O) groups is 1. The molecule has 1 saturated heterocycles. The van der Waals surface area contributed by atoms with E-state index in [2.05, 4.69) is 4.74 Å². The maximum absolute atomic E-state index is 11.7. The molecular formula is C7H12ClF3N2O2. The van der Waals surface area contributed by atoms with Gasteiger partial charge in [-0.15, -0.1) is 25.6 Å². The number of amides is 1. The Bertz CT molecular complexity index is 229. The van der Waals surface area contributed by atoms with E-state index in [1.807, 2.05) is 0 Å². The maximum atomic E-state index is 11.7. The van der Waals surface area contributed by atoms with Gasteiger partial charge in [0.25, 0.3) is 0 Å². The van der Waals surface area contributed by atoms with Crippen LogP contribution in [0.1, 0.15) is 6.92 Å². The summed E-state index contributed by atoms with van der Waals surface area (Å²) in [5, 5.41) is 0. The first-order chi connectivity index (χ1) is 6.29. The van der Waals surface area contributed by atoms with Crippen molar-refractivity contribution in [3.05, 3.63) is 0 Å². The molecule has 0 radical (unpaired) electrons. The summed E-state index contributed by atoms with van der Waals surface area (Å²) >= 11 is 0. The Labute approximate surface area is 90.9 Å². The summed E-state index contributed by atoms with van der Waals surface area (Å²) in [7, 11) is 0. The highest BCUT2D eigenvalue weighted by Gasteiger charge is 2.41. The van der Waals surface area contributed by atoms with Crippen molar-refractivity contribution >= 4 is 18.3 Å². The van der Waals surface area contributed by atoms with Gasteiger partial charge in [-0.2, -0.15) is 0 Å². The molecule has 4 nitrogen and oxygen atoms in total. The molecule has 2 N–H and O–H groups in total. The highest BCUT2D eigenvalue weighted by molar-refractivity contribution is 5.85. The summed E-state index contributed by atoms with van der Waals surface area (Å²) in [5.74, 6) is -0.355. The summed E-state index contributed by atoms with van der Waals surface area (Å²) < 4.78 is 38.7. The van der Waals surface area contributed by atoms with E-state index >= 15 is 0 Å². The zero-order valence-electron chi connectivity index (χ0n) is 7.95. The maximum Gasteiger partial charge on any atom is 0.522 e. The summed E-state index contributed by atoms with van der Waals surface area (Å²) in [6, 6.07) is -0.679. The van der Waals surface area contributed by atoms with Crippen LogP contribution < -0.4 is 5.73 Å². The molecule has 0 aromatic carbocycles. The zero-order chi connectivity index (χ0) is 10.9. The van der Waals surface area contributed by atoms with Gasteiger partial charge in [-0.05, 0) is 6.92 Å². The number of nitrogens with two attached hydrogens (primary N) is 1. The van der Waals surface area contributed by atoms with Gasteiger partial charge < -0.3 is 10.6 Å². The van der Waals surface area contributed by atoms with Crippen LogP contribution in [0.25, 0.3) is 0 Å². The van der Waals surface area contributed by atoms with Crippen molar-refractivity contribution in [1.29, 1.82) is 0 Å². The highest BCUT2D eigenvalue weighted by Crippen LogP contribution is 2.23. The van der Waals surface area contributed by atoms with Gasteiger partial charge >= 0.3 is 6.36 Å². The van der Waals surface area contributed by atoms with Gasteiger partial charge in [0.15, 0.2) is 0 Å². The van der Waals surface area contributed by atoms with Crippen molar-refractivity contribution < 1.29 is 22.7 Å². The summed E-state index contributed by atoms with van der Waals surface area (Å²) in [6.07, 6.45) is -5.58. The number of likely N-dealkylation sites (tertiary alicyclic amines) is 1. The molecule has 15 heavy (non-hydrogen) atoms. The smallest absolute Gasteiger partial charge is 0.336 e. The normalized spacial score (nSPS) is 19.1. The Morgan fingerprint density at radius 3 is 2.33 bits per heavy atom. The van der Waals surface area contributed by atoms with E-state index in [-0.39, 0.29) is 31.4 Å². The Morgan fingerprint density at radius 1 is 1.53 bits per heavy atom. The van der Waals surface area contributed by atoms with E-state index < -0.39 is 18.5 Å². The molecule has 1 aliphatic heterocycles. The predicted molar refractivity (Wildman–Crippen MR) is 48.4 cm³/mol. The molecule has 0 saturated carbocycles. The molecule has 0 spiro atoms. The lowest BCUT2D eigenvalue weighted by molar-refractivity contribution is -0.353. The van der Waals surface area contributed by atoms with Crippen LogP contribution in [0, 0.1) is 0 Å². The first-order valence-electron chi connectivity index (χ1n) is 4.08. The van der Waals surface area contributed by atoms with Crippen LogP contribution in [0.5, 0.6) is 0 Å². The SMILES string of the molecule is C[C@@H](N)C(=O)N1CC(OC(F)(F)F)C1.Cl. The third-order valence-corrected chi connectivity index (χ3v) is 1.85. The Balaban J connectivity index is 0.00000196. The topological polar surface area (TPSA) is 55.6 Å². The number of ether oxygens (including phenoxy) is 1. The molecule has 1 amide bonds. The molecule has 0 bridgehead atoms. The molecule has 0 aromatic rings. The van der Waals surface area contributed by atoms with Crippen LogP contribution in [-0.4, -0.2) is 42.4 Å². The van der Waals surface area contributed by atoms with Gasteiger partial charge in [-0.25, -0.2) is 0 Å². The fourth-order valence-corrected chi connectivity index (χ4v) is 1.17. The fraction of sp³-hybridized carbons (Fsp3) is 0.857. The lowest BCUT2D eigenvalue weighted by Crippen LogP contribution is -2.59. The molecule has 1 rings (SSSR count). The van der Waals surface area contributed by atoms with Crippen LogP contribution >= 0.6 is 12.4 Å². The summed E-state index contributed by atoms with van der Waals surface area (Å²) in [5.41, 5.74) is 5.26. The van der Waals surface area contributed by atoms with Crippen molar-refractivity contribution in [2.75, 3.05) is 13.1 Å². The molecular weight excluding hydrogens is 237 g/mol. The fourth-order valence-electron chi connectivity index (χ4n) is 1.17. The van der Waals surface area contributed by atoms with Crippen LogP contribution in [0.4, 0.5) is 13.2 Å². The Morgan fingerprint density at radius 2 is 2.00 bits per heavy atom. The molecule has 0 aromatic heterocycles. The molecule has 90 valence electrons. The lowest BCUT2D eigenvalue weighted by Gasteiger charge is -2.39. The predicted octanol–water partition coefficient (Wildman–Crippen LogP) is 0.503. The van der Waals surface area contributed by atoms with Gasteiger partial charge in [0.2, 0.25) is 5.91 Å². The monoisotopic (exact) mass is 248 g/mol. The van der Waals surface area contributed by atoms with Crippen LogP contribution in [-0.2, 0) is 9.53 Å². The molecule has 8 heteroatoms. The van der Waals surface area contributed by atoms with Crippen molar-refractivity contribution in [3.63, 3.8) is 0 Å². The van der Waals surface area contributed by atoms with Crippen LogP contribution in [0.3, 0.4) is 0 Å². The second-order valence-corrected chi connectivity index (χ2v) is 3.22. The van der Waals surface area contributed by atoms with E-state index in [9.17, 15) is 18.0 Å². The van der Waals surface area contributed by atoms with Crippen molar-refractivity contribution in [2.45, 2.75) is 25.4 Å². The minimum Gasteiger partial charge on any atom is -0.336 e. The average Bonchev–Trinajstić information content (AvgIpc) is 1.92. The number of rotatable bonds is 2. The largest absolute Gasteiger partial charge is 0.522 e. The number of carbonyl (C=O) groups excluding carboxylic acids is 1. The number of halogens is 4. The highest BCUT2D eigenvalue weighted by atomic mass is 35.5. The van der Waals surface area contributed by atoms with E-state index in [0.29, 0.717) is 0 Å². The Kier molecular flexibility index (Phi) is 4.82. The standard InChI is InChI=1S/C7H11F3N2O2.ClH/c1-4(11)6(13)12-2-5(3-12)14-7(8,9)10;/h4-5H,2-3,11H2,1H3;1H/t4-;/m1./s1. The summed E-state index contributed by atoms with van der Waals surface area (Å²) in [6.45, 7) is 1.40. The first-order valence-corrected chi connectivity index (χ1v) is 4.08. The van der Waals surface area contributed by atoms with E-state index in [1.54, 1.807) is 0 Å². The number of alkyl halides is 3. The van der Waals surface area contributed by atoms with Gasteiger partial charge in [-0.3, -0.25) is 9.53 Å². The van der Waals surface area contributed by atoms with Gasteiger partial charge in [-0.1, -0.05) is 0 Å². The summed E-state index contributed by atoms with van der Waals surface area (Å²) in [4.78, 5) is 12.3. The minimum absolute atomic E-state index is 0. The molecule has 1 aliphatic rings. The third-order valence-electron chi connectivity index (χ3n) is 1.85. The minimum atomic E-state index is -4.63. The second-order valence-electron chi connectivity index (χ2n) is 3.22. The van der Waals surface area contributed by atoms with E-state index in [4.69, 9.17) is 5.73 Å². The lowest BCUT2D eigenvalue weighted by atomic mass is 10.1. The molecule has 1 fully saturated rings. The second kappa shape index (κ2) is 5.00. The van der Waals surface area contributed by atoms with E-state index in [0.717, 1.165) is 0 Å². The Hall–Kier alpha value is -0.530. The molecule has 0 unspecified atom stereocenters. The number of nitrogens with zero attached hydrogens (tertiary/aromatic N) is 1. The van der Waals surface area contributed by atoms with Crippen molar-refractivity contribution in [2.24, 2.45) is 5.73 Å². The number of hydrogen-bond donors (Lipinski definition) is 1. The molecule has 1 heterocycles.